The van der Waals surface area contributed by atoms with Crippen LogP contribution in [0.3, 0.4) is 0 Å². The van der Waals surface area contributed by atoms with Crippen molar-refractivity contribution >= 4 is 31.9 Å². The highest BCUT2D eigenvalue weighted by Crippen LogP contribution is 2.21. The molecular weight excluding hydrogens is 334 g/mol. The molecule has 1 saturated heterocycles. The molecule has 1 aromatic heterocycles. The molecule has 0 atom stereocenters. The summed E-state index contributed by atoms with van der Waals surface area (Å²) in [7, 11) is 0. The summed E-state index contributed by atoms with van der Waals surface area (Å²) in [5, 5.41) is 3.30. The third-order valence-electron chi connectivity index (χ3n) is 2.92. The van der Waals surface area contributed by atoms with E-state index in [2.05, 4.69) is 60.1 Å². The summed E-state index contributed by atoms with van der Waals surface area (Å²) in [6.45, 7) is 6.38. The smallest absolute Gasteiger partial charge is 0.0686 e. The van der Waals surface area contributed by atoms with Crippen LogP contribution in [0.4, 0.5) is 0 Å². The Morgan fingerprint density at radius 3 is 2.75 bits per heavy atom. The molecule has 1 aliphatic rings. The molecule has 0 saturated carbocycles. The Bertz CT molecular complexity index is 366. The Morgan fingerprint density at radius 2 is 2.25 bits per heavy atom. The molecule has 1 aliphatic heterocycles. The molecule has 0 bridgehead atoms. The summed E-state index contributed by atoms with van der Waals surface area (Å²) in [6, 6.07) is 2.72. The summed E-state index contributed by atoms with van der Waals surface area (Å²) in [6.07, 6.45) is 1.85. The van der Waals surface area contributed by atoms with Gasteiger partial charge in [0.25, 0.3) is 0 Å². The highest BCUT2D eigenvalue weighted by Gasteiger charge is 2.23. The predicted octanol–water partition coefficient (Wildman–Crippen LogP) is 2.40. The first-order valence-electron chi connectivity index (χ1n) is 5.45. The first-order valence-corrected chi connectivity index (χ1v) is 7.04. The standard InChI is InChI=1S/C11H15Br2N3/c1-2-16(9-5-14-6-9)7-11-10(13)3-8(12)4-15-11/h3-4,9,14H,2,5-7H2,1H3. The maximum Gasteiger partial charge on any atom is 0.0686 e. The van der Waals surface area contributed by atoms with E-state index < -0.39 is 0 Å². The minimum Gasteiger partial charge on any atom is -0.314 e. The molecule has 0 radical (unpaired) electrons. The van der Waals surface area contributed by atoms with Crippen molar-refractivity contribution in [3.63, 3.8) is 0 Å². The van der Waals surface area contributed by atoms with Gasteiger partial charge in [0.1, 0.15) is 0 Å². The number of likely N-dealkylation sites (N-methyl/N-ethyl adjacent to an activating group) is 1. The number of hydrogen-bond acceptors (Lipinski definition) is 3. The van der Waals surface area contributed by atoms with Crippen LogP contribution >= 0.6 is 31.9 Å². The number of aromatic nitrogens is 1. The van der Waals surface area contributed by atoms with Crippen LogP contribution in [0.5, 0.6) is 0 Å². The van der Waals surface area contributed by atoms with E-state index in [1.165, 1.54) is 0 Å². The minimum absolute atomic E-state index is 0.669. The van der Waals surface area contributed by atoms with Gasteiger partial charge in [-0.25, -0.2) is 0 Å². The van der Waals surface area contributed by atoms with Crippen LogP contribution in [0.15, 0.2) is 21.2 Å². The second-order valence-electron chi connectivity index (χ2n) is 3.96. The fraction of sp³-hybridized carbons (Fsp3) is 0.545. The molecular formula is C11H15Br2N3. The van der Waals surface area contributed by atoms with E-state index in [0.29, 0.717) is 6.04 Å². The normalized spacial score (nSPS) is 16.5. The molecule has 16 heavy (non-hydrogen) atoms. The number of nitrogens with zero attached hydrogens (tertiary/aromatic N) is 2. The summed E-state index contributed by atoms with van der Waals surface area (Å²) in [5.41, 5.74) is 1.11. The minimum atomic E-state index is 0.669. The van der Waals surface area contributed by atoms with Crippen LogP contribution in [0.2, 0.25) is 0 Å². The van der Waals surface area contributed by atoms with E-state index in [-0.39, 0.29) is 0 Å². The largest absolute Gasteiger partial charge is 0.314 e. The lowest BCUT2D eigenvalue weighted by Gasteiger charge is -2.37. The SMILES string of the molecule is CCN(Cc1ncc(Br)cc1Br)C1CNC1. The summed E-state index contributed by atoms with van der Waals surface area (Å²) >= 11 is 6.98. The van der Waals surface area contributed by atoms with Crippen LogP contribution in [0.1, 0.15) is 12.6 Å². The second kappa shape index (κ2) is 5.58. The van der Waals surface area contributed by atoms with Crippen molar-refractivity contribution in [2.24, 2.45) is 0 Å². The van der Waals surface area contributed by atoms with Gasteiger partial charge in [-0.3, -0.25) is 9.88 Å². The highest BCUT2D eigenvalue weighted by atomic mass is 79.9. The van der Waals surface area contributed by atoms with Gasteiger partial charge in [-0.05, 0) is 44.5 Å². The molecule has 1 aromatic rings. The maximum atomic E-state index is 4.45. The summed E-state index contributed by atoms with van der Waals surface area (Å²) in [4.78, 5) is 6.91. The van der Waals surface area contributed by atoms with Crippen molar-refractivity contribution in [1.82, 2.24) is 15.2 Å². The number of hydrogen-bond donors (Lipinski definition) is 1. The van der Waals surface area contributed by atoms with Gasteiger partial charge in [0.15, 0.2) is 0 Å². The van der Waals surface area contributed by atoms with Crippen LogP contribution in [-0.4, -0.2) is 35.6 Å². The summed E-state index contributed by atoms with van der Waals surface area (Å²) < 4.78 is 2.09. The molecule has 1 fully saturated rings. The molecule has 1 N–H and O–H groups in total. The van der Waals surface area contributed by atoms with Gasteiger partial charge in [0.05, 0.1) is 5.69 Å². The van der Waals surface area contributed by atoms with E-state index in [1.807, 2.05) is 6.20 Å². The molecule has 0 amide bonds. The van der Waals surface area contributed by atoms with Crippen LogP contribution in [-0.2, 0) is 6.54 Å². The topological polar surface area (TPSA) is 28.2 Å². The van der Waals surface area contributed by atoms with E-state index in [4.69, 9.17) is 0 Å². The number of rotatable bonds is 4. The molecule has 0 spiro atoms. The Balaban J connectivity index is 2.06. The molecule has 0 aliphatic carbocycles. The van der Waals surface area contributed by atoms with Crippen molar-refractivity contribution in [3.05, 3.63) is 26.9 Å². The lowest BCUT2D eigenvalue weighted by atomic mass is 10.1. The molecule has 0 unspecified atom stereocenters. The van der Waals surface area contributed by atoms with E-state index in [0.717, 1.165) is 40.8 Å². The van der Waals surface area contributed by atoms with E-state index >= 15 is 0 Å². The zero-order valence-corrected chi connectivity index (χ0v) is 12.4. The van der Waals surface area contributed by atoms with Gasteiger partial charge in [0, 0.05) is 40.8 Å². The average molecular weight is 349 g/mol. The first kappa shape index (κ1) is 12.5. The quantitative estimate of drug-likeness (QED) is 0.905. The monoisotopic (exact) mass is 347 g/mol. The molecule has 3 nitrogen and oxygen atoms in total. The fourth-order valence-electron chi connectivity index (χ4n) is 1.78. The number of halogens is 2. The molecule has 2 rings (SSSR count). The number of pyridine rings is 1. The predicted molar refractivity (Wildman–Crippen MR) is 72.4 cm³/mol. The van der Waals surface area contributed by atoms with Gasteiger partial charge < -0.3 is 5.32 Å². The van der Waals surface area contributed by atoms with Crippen molar-refractivity contribution in [2.45, 2.75) is 19.5 Å². The maximum absolute atomic E-state index is 4.45. The third-order valence-corrected chi connectivity index (χ3v) is 4.04. The van der Waals surface area contributed by atoms with Gasteiger partial charge >= 0.3 is 0 Å². The second-order valence-corrected chi connectivity index (χ2v) is 5.73. The Labute approximate surface area is 113 Å². The number of nitrogens with one attached hydrogen (secondary N) is 1. The van der Waals surface area contributed by atoms with Crippen molar-refractivity contribution < 1.29 is 0 Å². The van der Waals surface area contributed by atoms with Gasteiger partial charge in [-0.1, -0.05) is 6.92 Å². The Kier molecular flexibility index (Phi) is 4.35. The first-order chi connectivity index (χ1) is 7.70. The van der Waals surface area contributed by atoms with E-state index in [9.17, 15) is 0 Å². The van der Waals surface area contributed by atoms with Crippen molar-refractivity contribution in [1.29, 1.82) is 0 Å². The van der Waals surface area contributed by atoms with Gasteiger partial charge in [-0.15, -0.1) is 0 Å². The zero-order chi connectivity index (χ0) is 11.5. The lowest BCUT2D eigenvalue weighted by Crippen LogP contribution is -2.56. The third kappa shape index (κ3) is 2.83. The Morgan fingerprint density at radius 1 is 1.50 bits per heavy atom. The highest BCUT2D eigenvalue weighted by molar-refractivity contribution is 9.11. The van der Waals surface area contributed by atoms with Crippen LogP contribution in [0.25, 0.3) is 0 Å². The molecule has 0 aromatic carbocycles. The summed E-state index contributed by atoms with van der Waals surface area (Å²) in [5.74, 6) is 0. The van der Waals surface area contributed by atoms with E-state index in [1.54, 1.807) is 0 Å². The molecule has 5 heteroatoms. The lowest BCUT2D eigenvalue weighted by molar-refractivity contribution is 0.143. The molecule has 2 heterocycles. The van der Waals surface area contributed by atoms with Crippen molar-refractivity contribution in [3.8, 4) is 0 Å². The molecule has 88 valence electrons. The van der Waals surface area contributed by atoms with Gasteiger partial charge in [-0.2, -0.15) is 0 Å². The fourth-order valence-corrected chi connectivity index (χ4v) is 2.90. The Hall–Kier alpha value is 0.0300. The van der Waals surface area contributed by atoms with Crippen LogP contribution in [0, 0.1) is 0 Å². The van der Waals surface area contributed by atoms with Crippen LogP contribution < -0.4 is 5.32 Å². The van der Waals surface area contributed by atoms with Gasteiger partial charge in [0.2, 0.25) is 0 Å². The van der Waals surface area contributed by atoms with Crippen molar-refractivity contribution in [2.75, 3.05) is 19.6 Å². The zero-order valence-electron chi connectivity index (χ0n) is 9.21. The average Bonchev–Trinajstić information content (AvgIpc) is 2.18.